The Balaban J connectivity index is 1.69. The van der Waals surface area contributed by atoms with E-state index in [2.05, 4.69) is 53.5 Å². The minimum absolute atomic E-state index is 0.0790. The molecule has 26 heavy (non-hydrogen) atoms. The van der Waals surface area contributed by atoms with E-state index in [9.17, 15) is 0 Å². The molecular formula is C19H29N5OS. The van der Waals surface area contributed by atoms with E-state index < -0.39 is 0 Å². The summed E-state index contributed by atoms with van der Waals surface area (Å²) in [6.45, 7) is 14.0. The zero-order chi connectivity index (χ0) is 18.7. The van der Waals surface area contributed by atoms with Crippen LogP contribution in [0.5, 0.6) is 0 Å². The van der Waals surface area contributed by atoms with Gasteiger partial charge in [0.05, 0.1) is 17.3 Å². The van der Waals surface area contributed by atoms with Gasteiger partial charge in [-0.25, -0.2) is 15.0 Å². The number of hydrogen-bond donors (Lipinski definition) is 0. The van der Waals surface area contributed by atoms with Crippen LogP contribution in [0.4, 0.5) is 5.82 Å². The van der Waals surface area contributed by atoms with Gasteiger partial charge in [-0.05, 0) is 6.92 Å². The molecule has 0 radical (unpaired) electrons. The second-order valence-corrected chi connectivity index (χ2v) is 9.15. The number of thiazole rings is 1. The van der Waals surface area contributed by atoms with Gasteiger partial charge in [0.15, 0.2) is 0 Å². The van der Waals surface area contributed by atoms with Crippen LogP contribution in [-0.4, -0.2) is 53.1 Å². The molecule has 0 amide bonds. The molecule has 0 N–H and O–H groups in total. The topological polar surface area (TPSA) is 54.4 Å². The highest BCUT2D eigenvalue weighted by Gasteiger charge is 2.23. The first-order valence-electron chi connectivity index (χ1n) is 9.11. The Morgan fingerprint density at radius 2 is 1.88 bits per heavy atom. The molecule has 3 rings (SSSR count). The molecule has 0 spiro atoms. The molecule has 2 aromatic rings. The maximum Gasteiger partial charge on any atom is 0.136 e. The van der Waals surface area contributed by atoms with Crippen LogP contribution in [0.3, 0.4) is 0 Å². The van der Waals surface area contributed by atoms with Crippen molar-refractivity contribution in [2.45, 2.75) is 46.3 Å². The van der Waals surface area contributed by atoms with Gasteiger partial charge in [0.2, 0.25) is 0 Å². The summed E-state index contributed by atoms with van der Waals surface area (Å²) in [4.78, 5) is 20.1. The van der Waals surface area contributed by atoms with Crippen molar-refractivity contribution in [3.8, 4) is 0 Å². The number of aryl methyl sites for hydroxylation is 1. The van der Waals surface area contributed by atoms with Crippen LogP contribution in [-0.2, 0) is 23.3 Å². The number of piperazine rings is 1. The van der Waals surface area contributed by atoms with Gasteiger partial charge >= 0.3 is 0 Å². The van der Waals surface area contributed by atoms with E-state index in [-0.39, 0.29) is 5.41 Å². The van der Waals surface area contributed by atoms with E-state index >= 15 is 0 Å². The predicted molar refractivity (Wildman–Crippen MR) is 106 cm³/mol. The van der Waals surface area contributed by atoms with Crippen molar-refractivity contribution in [2.24, 2.45) is 0 Å². The highest BCUT2D eigenvalue weighted by molar-refractivity contribution is 7.11. The number of nitrogens with zero attached hydrogens (tertiary/aromatic N) is 5. The SMILES string of the molecule is COCc1cc(N2CCN(Cc3cnc(C)s3)CC2)nc(C(C)(C)C)n1. The maximum atomic E-state index is 5.30. The molecule has 0 aromatic carbocycles. The molecule has 2 aromatic heterocycles. The monoisotopic (exact) mass is 375 g/mol. The van der Waals surface area contributed by atoms with Crippen molar-refractivity contribution in [3.05, 3.63) is 33.7 Å². The maximum absolute atomic E-state index is 5.30. The van der Waals surface area contributed by atoms with Crippen LogP contribution in [0.2, 0.25) is 0 Å². The Hall–Kier alpha value is -1.57. The first-order chi connectivity index (χ1) is 12.3. The summed E-state index contributed by atoms with van der Waals surface area (Å²) < 4.78 is 5.30. The molecule has 1 fully saturated rings. The molecule has 0 aliphatic carbocycles. The van der Waals surface area contributed by atoms with E-state index in [1.165, 1.54) is 4.88 Å². The molecule has 0 saturated carbocycles. The Bertz CT molecular complexity index is 732. The Morgan fingerprint density at radius 3 is 2.46 bits per heavy atom. The van der Waals surface area contributed by atoms with Gasteiger partial charge in [-0.15, -0.1) is 11.3 Å². The van der Waals surface area contributed by atoms with Gasteiger partial charge in [-0.3, -0.25) is 4.90 Å². The highest BCUT2D eigenvalue weighted by Crippen LogP contribution is 2.24. The Labute approximate surface area is 160 Å². The van der Waals surface area contributed by atoms with Gasteiger partial charge in [0.1, 0.15) is 11.6 Å². The summed E-state index contributed by atoms with van der Waals surface area (Å²) in [5, 5.41) is 1.14. The second kappa shape index (κ2) is 7.98. The number of aromatic nitrogens is 3. The van der Waals surface area contributed by atoms with Crippen molar-refractivity contribution >= 4 is 17.2 Å². The summed E-state index contributed by atoms with van der Waals surface area (Å²) >= 11 is 1.79. The van der Waals surface area contributed by atoms with Crippen LogP contribution in [0, 0.1) is 6.92 Å². The lowest BCUT2D eigenvalue weighted by molar-refractivity contribution is 0.181. The molecule has 0 bridgehead atoms. The fourth-order valence-corrected chi connectivity index (χ4v) is 3.87. The van der Waals surface area contributed by atoms with Crippen LogP contribution < -0.4 is 4.90 Å². The summed E-state index contributed by atoms with van der Waals surface area (Å²) in [5.74, 6) is 1.90. The molecule has 0 atom stereocenters. The van der Waals surface area contributed by atoms with Crippen molar-refractivity contribution in [1.29, 1.82) is 0 Å². The molecule has 142 valence electrons. The molecule has 1 saturated heterocycles. The van der Waals surface area contributed by atoms with E-state index in [0.29, 0.717) is 6.61 Å². The molecule has 0 unspecified atom stereocenters. The first kappa shape index (κ1) is 19.2. The fourth-order valence-electron chi connectivity index (χ4n) is 3.04. The van der Waals surface area contributed by atoms with Gasteiger partial charge in [-0.2, -0.15) is 0 Å². The minimum Gasteiger partial charge on any atom is -0.378 e. The van der Waals surface area contributed by atoms with Crippen molar-refractivity contribution in [3.63, 3.8) is 0 Å². The quantitative estimate of drug-likeness (QED) is 0.801. The van der Waals surface area contributed by atoms with E-state index in [1.807, 2.05) is 6.20 Å². The minimum atomic E-state index is -0.0790. The highest BCUT2D eigenvalue weighted by atomic mass is 32.1. The lowest BCUT2D eigenvalue weighted by atomic mass is 9.95. The number of anilines is 1. The molecule has 1 aliphatic heterocycles. The summed E-state index contributed by atoms with van der Waals surface area (Å²) in [5.41, 5.74) is 0.870. The normalized spacial score (nSPS) is 16.3. The smallest absolute Gasteiger partial charge is 0.136 e. The van der Waals surface area contributed by atoms with Crippen LogP contribution in [0.25, 0.3) is 0 Å². The molecule has 1 aliphatic rings. The number of hydrogen-bond acceptors (Lipinski definition) is 7. The standard InChI is InChI=1S/C19H29N5OS/c1-14-20-11-16(26-14)12-23-6-8-24(9-7-23)17-10-15(13-25-5)21-18(22-17)19(2,3)4/h10-11H,6-9,12-13H2,1-5H3. The fraction of sp³-hybridized carbons (Fsp3) is 0.632. The van der Waals surface area contributed by atoms with E-state index in [1.54, 1.807) is 18.4 Å². The van der Waals surface area contributed by atoms with Crippen molar-refractivity contribution < 1.29 is 4.74 Å². The Kier molecular flexibility index (Phi) is 5.89. The lowest BCUT2D eigenvalue weighted by Crippen LogP contribution is -2.46. The van der Waals surface area contributed by atoms with Gasteiger partial charge in [-0.1, -0.05) is 20.8 Å². The van der Waals surface area contributed by atoms with E-state index in [0.717, 1.165) is 55.1 Å². The van der Waals surface area contributed by atoms with Gasteiger partial charge in [0.25, 0.3) is 0 Å². The first-order valence-corrected chi connectivity index (χ1v) is 9.93. The average molecular weight is 376 g/mol. The average Bonchev–Trinajstić information content (AvgIpc) is 3.00. The van der Waals surface area contributed by atoms with Gasteiger partial charge < -0.3 is 9.64 Å². The second-order valence-electron chi connectivity index (χ2n) is 7.83. The number of ether oxygens (including phenoxy) is 1. The zero-order valence-electron chi connectivity index (χ0n) is 16.4. The zero-order valence-corrected chi connectivity index (χ0v) is 17.3. The van der Waals surface area contributed by atoms with Crippen LogP contribution in [0.1, 0.15) is 42.2 Å². The summed E-state index contributed by atoms with van der Waals surface area (Å²) in [6.07, 6.45) is 2.00. The molecule has 6 nitrogen and oxygen atoms in total. The molecule has 3 heterocycles. The van der Waals surface area contributed by atoms with Gasteiger partial charge in [0, 0.05) is 62.4 Å². The lowest BCUT2D eigenvalue weighted by Gasteiger charge is -2.35. The third-order valence-electron chi connectivity index (χ3n) is 4.47. The third-order valence-corrected chi connectivity index (χ3v) is 5.37. The largest absolute Gasteiger partial charge is 0.378 e. The van der Waals surface area contributed by atoms with Crippen LogP contribution >= 0.6 is 11.3 Å². The van der Waals surface area contributed by atoms with E-state index in [4.69, 9.17) is 9.72 Å². The molecule has 7 heteroatoms. The predicted octanol–water partition coefficient (Wildman–Crippen LogP) is 3.01. The number of methoxy groups -OCH3 is 1. The Morgan fingerprint density at radius 1 is 1.15 bits per heavy atom. The summed E-state index contributed by atoms with van der Waals surface area (Å²) in [6, 6.07) is 2.07. The third kappa shape index (κ3) is 4.78. The van der Waals surface area contributed by atoms with Crippen LogP contribution in [0.15, 0.2) is 12.3 Å². The van der Waals surface area contributed by atoms with Crippen molar-refractivity contribution in [1.82, 2.24) is 19.9 Å². The summed E-state index contributed by atoms with van der Waals surface area (Å²) in [7, 11) is 1.71. The number of rotatable bonds is 5. The molecular weight excluding hydrogens is 346 g/mol. The van der Waals surface area contributed by atoms with Crippen molar-refractivity contribution in [2.75, 3.05) is 38.2 Å².